The Morgan fingerprint density at radius 3 is 2.47 bits per heavy atom. The summed E-state index contributed by atoms with van der Waals surface area (Å²) < 4.78 is 0. The molecule has 1 aliphatic carbocycles. The van der Waals surface area contributed by atoms with Gasteiger partial charge in [-0.3, -0.25) is 4.79 Å². The maximum atomic E-state index is 12.1. The van der Waals surface area contributed by atoms with E-state index in [1.165, 1.54) is 24.8 Å². The maximum absolute atomic E-state index is 12.1. The Morgan fingerprint density at radius 2 is 1.95 bits per heavy atom. The van der Waals surface area contributed by atoms with Crippen molar-refractivity contribution in [3.8, 4) is 0 Å². The van der Waals surface area contributed by atoms with E-state index in [1.807, 2.05) is 12.1 Å². The third-order valence-electron chi connectivity index (χ3n) is 4.33. The fourth-order valence-corrected chi connectivity index (χ4v) is 2.63. The van der Waals surface area contributed by atoms with Gasteiger partial charge in [0.05, 0.1) is 0 Å². The first-order valence-corrected chi connectivity index (χ1v) is 7.54. The third kappa shape index (κ3) is 3.90. The molecule has 2 heteroatoms. The van der Waals surface area contributed by atoms with Crippen LogP contribution < -0.4 is 5.73 Å². The van der Waals surface area contributed by atoms with Crippen LogP contribution >= 0.6 is 0 Å². The summed E-state index contributed by atoms with van der Waals surface area (Å²) in [6.45, 7) is 2.88. The van der Waals surface area contributed by atoms with Gasteiger partial charge in [-0.15, -0.1) is 0 Å². The molecule has 0 radical (unpaired) electrons. The molecule has 0 aromatic heterocycles. The number of Topliss-reactive ketones (excluding diaryl/α,β-unsaturated/α-hetero) is 1. The Labute approximate surface area is 116 Å². The highest BCUT2D eigenvalue weighted by Crippen LogP contribution is 2.36. The molecule has 2 rings (SSSR count). The summed E-state index contributed by atoms with van der Waals surface area (Å²) in [4.78, 5) is 12.1. The highest BCUT2D eigenvalue weighted by Gasteiger charge is 2.19. The van der Waals surface area contributed by atoms with Gasteiger partial charge < -0.3 is 5.73 Å². The van der Waals surface area contributed by atoms with Crippen LogP contribution in [0.25, 0.3) is 0 Å². The number of hydrogen-bond acceptors (Lipinski definition) is 2. The molecular formula is C17H25NO. The molecule has 0 spiro atoms. The van der Waals surface area contributed by atoms with E-state index in [9.17, 15) is 4.79 Å². The summed E-state index contributed by atoms with van der Waals surface area (Å²) in [7, 11) is 0. The minimum Gasteiger partial charge on any atom is -0.330 e. The highest BCUT2D eigenvalue weighted by atomic mass is 16.1. The Balaban J connectivity index is 1.85. The number of hydrogen-bond donors (Lipinski definition) is 1. The van der Waals surface area contributed by atoms with Crippen LogP contribution in [0, 0.1) is 5.92 Å². The van der Waals surface area contributed by atoms with E-state index in [-0.39, 0.29) is 5.78 Å². The van der Waals surface area contributed by atoms with Gasteiger partial charge in [0.15, 0.2) is 5.78 Å². The lowest BCUT2D eigenvalue weighted by Gasteiger charge is -2.25. The molecule has 1 aliphatic rings. The number of benzene rings is 1. The molecule has 2 N–H and O–H groups in total. The quantitative estimate of drug-likeness (QED) is 0.755. The van der Waals surface area contributed by atoms with Gasteiger partial charge in [-0.05, 0) is 49.6 Å². The summed E-state index contributed by atoms with van der Waals surface area (Å²) in [6, 6.07) is 8.29. The fraction of sp³-hybridized carbons (Fsp3) is 0.588. The van der Waals surface area contributed by atoms with E-state index in [1.54, 1.807) is 0 Å². The van der Waals surface area contributed by atoms with Crippen LogP contribution in [-0.4, -0.2) is 12.3 Å². The summed E-state index contributed by atoms with van der Waals surface area (Å²) in [6.07, 6.45) is 6.57. The molecule has 1 unspecified atom stereocenters. The molecule has 1 aromatic carbocycles. The average molecular weight is 259 g/mol. The zero-order valence-electron chi connectivity index (χ0n) is 11.9. The van der Waals surface area contributed by atoms with Crippen LogP contribution in [0.5, 0.6) is 0 Å². The van der Waals surface area contributed by atoms with Crippen molar-refractivity contribution in [2.24, 2.45) is 11.7 Å². The molecule has 19 heavy (non-hydrogen) atoms. The van der Waals surface area contributed by atoms with E-state index in [0.29, 0.717) is 18.9 Å². The van der Waals surface area contributed by atoms with Gasteiger partial charge >= 0.3 is 0 Å². The molecule has 1 fully saturated rings. The van der Waals surface area contributed by atoms with Crippen LogP contribution in [0.3, 0.4) is 0 Å². The van der Waals surface area contributed by atoms with Gasteiger partial charge in [-0.2, -0.15) is 0 Å². The zero-order valence-corrected chi connectivity index (χ0v) is 11.9. The van der Waals surface area contributed by atoms with Crippen molar-refractivity contribution < 1.29 is 4.79 Å². The minimum absolute atomic E-state index is 0.268. The lowest BCUT2D eigenvalue weighted by Crippen LogP contribution is -2.10. The normalized spacial score (nSPS) is 16.9. The molecule has 1 saturated carbocycles. The SMILES string of the molecule is CC(CCN)CCC(=O)c1ccc(C2CCC2)cc1. The second-order valence-electron chi connectivity index (χ2n) is 5.89. The molecule has 0 amide bonds. The topological polar surface area (TPSA) is 43.1 Å². The van der Waals surface area contributed by atoms with Crippen molar-refractivity contribution >= 4 is 5.78 Å². The van der Waals surface area contributed by atoms with Crippen LogP contribution in [0.2, 0.25) is 0 Å². The Bertz CT molecular complexity index is 406. The average Bonchev–Trinajstić information content (AvgIpc) is 2.35. The first-order chi connectivity index (χ1) is 9.20. The van der Waals surface area contributed by atoms with Crippen molar-refractivity contribution in [3.05, 3.63) is 35.4 Å². The molecule has 1 atom stereocenters. The van der Waals surface area contributed by atoms with E-state index in [2.05, 4.69) is 19.1 Å². The smallest absolute Gasteiger partial charge is 0.162 e. The van der Waals surface area contributed by atoms with Crippen molar-refractivity contribution in [2.45, 2.75) is 51.4 Å². The second kappa shape index (κ2) is 6.85. The molecule has 0 bridgehead atoms. The molecular weight excluding hydrogens is 234 g/mol. The van der Waals surface area contributed by atoms with Crippen molar-refractivity contribution in [2.75, 3.05) is 6.54 Å². The van der Waals surface area contributed by atoms with Gasteiger partial charge in [0.25, 0.3) is 0 Å². The largest absolute Gasteiger partial charge is 0.330 e. The monoisotopic (exact) mass is 259 g/mol. The van der Waals surface area contributed by atoms with Gasteiger partial charge in [0.2, 0.25) is 0 Å². The van der Waals surface area contributed by atoms with Crippen LogP contribution in [-0.2, 0) is 0 Å². The van der Waals surface area contributed by atoms with E-state index >= 15 is 0 Å². The highest BCUT2D eigenvalue weighted by molar-refractivity contribution is 5.96. The first-order valence-electron chi connectivity index (χ1n) is 7.54. The van der Waals surface area contributed by atoms with E-state index in [4.69, 9.17) is 5.73 Å². The number of rotatable bonds is 7. The Hall–Kier alpha value is -1.15. The number of ketones is 1. The fourth-order valence-electron chi connectivity index (χ4n) is 2.63. The molecule has 0 aliphatic heterocycles. The molecule has 0 saturated heterocycles. The zero-order chi connectivity index (χ0) is 13.7. The van der Waals surface area contributed by atoms with Gasteiger partial charge in [-0.25, -0.2) is 0 Å². The van der Waals surface area contributed by atoms with Crippen molar-refractivity contribution in [1.82, 2.24) is 0 Å². The Morgan fingerprint density at radius 1 is 1.26 bits per heavy atom. The summed E-state index contributed by atoms with van der Waals surface area (Å²) >= 11 is 0. The predicted octanol–water partition coefficient (Wildman–Crippen LogP) is 3.90. The van der Waals surface area contributed by atoms with Crippen molar-refractivity contribution in [1.29, 1.82) is 0 Å². The molecule has 2 nitrogen and oxygen atoms in total. The third-order valence-corrected chi connectivity index (χ3v) is 4.33. The van der Waals surface area contributed by atoms with Gasteiger partial charge in [-0.1, -0.05) is 37.6 Å². The van der Waals surface area contributed by atoms with Crippen molar-refractivity contribution in [3.63, 3.8) is 0 Å². The maximum Gasteiger partial charge on any atom is 0.162 e. The molecule has 0 heterocycles. The standard InChI is InChI=1S/C17H25NO/c1-13(11-12-18)5-10-17(19)16-8-6-15(7-9-16)14-3-2-4-14/h6-9,13-14H,2-5,10-12,18H2,1H3. The minimum atomic E-state index is 0.268. The molecule has 1 aromatic rings. The summed E-state index contributed by atoms with van der Waals surface area (Å²) in [5.41, 5.74) is 7.79. The van der Waals surface area contributed by atoms with E-state index < -0.39 is 0 Å². The van der Waals surface area contributed by atoms with E-state index in [0.717, 1.165) is 24.3 Å². The summed E-state index contributed by atoms with van der Waals surface area (Å²) in [5, 5.41) is 0. The lowest BCUT2D eigenvalue weighted by molar-refractivity contribution is 0.0974. The number of nitrogens with two attached hydrogens (primary N) is 1. The first kappa shape index (κ1) is 14.3. The van der Waals surface area contributed by atoms with Crippen LogP contribution in [0.15, 0.2) is 24.3 Å². The van der Waals surface area contributed by atoms with Gasteiger partial charge in [0.1, 0.15) is 0 Å². The molecule has 104 valence electrons. The van der Waals surface area contributed by atoms with Crippen LogP contribution in [0.1, 0.15) is 67.3 Å². The van der Waals surface area contributed by atoms with Crippen LogP contribution in [0.4, 0.5) is 0 Å². The second-order valence-corrected chi connectivity index (χ2v) is 5.89. The van der Waals surface area contributed by atoms with Gasteiger partial charge in [0, 0.05) is 12.0 Å². The number of carbonyl (C=O) groups excluding carboxylic acids is 1. The lowest BCUT2D eigenvalue weighted by atomic mass is 9.80. The number of carbonyl (C=O) groups is 1. The summed E-state index contributed by atoms with van der Waals surface area (Å²) in [5.74, 6) is 1.56. The predicted molar refractivity (Wildman–Crippen MR) is 79.4 cm³/mol. The Kier molecular flexibility index (Phi) is 5.15.